The van der Waals surface area contributed by atoms with Crippen molar-refractivity contribution in [2.45, 2.75) is 26.9 Å². The third-order valence-electron chi connectivity index (χ3n) is 3.64. The van der Waals surface area contributed by atoms with Crippen molar-refractivity contribution in [3.8, 4) is 5.75 Å². The molecule has 7 nitrogen and oxygen atoms in total. The molecule has 0 fully saturated rings. The molecule has 0 aliphatic heterocycles. The van der Waals surface area contributed by atoms with Crippen LogP contribution in [-0.4, -0.2) is 38.3 Å². The van der Waals surface area contributed by atoms with Crippen LogP contribution in [0.4, 0.5) is 0 Å². The Bertz CT molecular complexity index is 667. The first-order valence-electron chi connectivity index (χ1n) is 8.20. The highest BCUT2D eigenvalue weighted by atomic mass is 127. The molecule has 0 saturated carbocycles. The molecular weight excluding hydrogens is 447 g/mol. The summed E-state index contributed by atoms with van der Waals surface area (Å²) in [5, 5.41) is 6.44. The number of halogens is 1. The quantitative estimate of drug-likeness (QED) is 0.265. The summed E-state index contributed by atoms with van der Waals surface area (Å²) in [5.74, 6) is 3.01. The molecule has 0 saturated heterocycles. The number of benzene rings is 1. The van der Waals surface area contributed by atoms with Crippen molar-refractivity contribution in [2.75, 3.05) is 27.4 Å². The average molecular weight is 474 g/mol. The Balaban J connectivity index is 0.00000338. The first-order chi connectivity index (χ1) is 12.1. The number of oxazole rings is 1. The van der Waals surface area contributed by atoms with Crippen molar-refractivity contribution in [2.24, 2.45) is 4.99 Å². The van der Waals surface area contributed by atoms with E-state index >= 15 is 0 Å². The SMILES string of the molecule is CN=C(NCc1ccc(OCCOC)cc1)NCc1nc(C)c(C)o1.I. The Hall–Kier alpha value is -1.81. The van der Waals surface area contributed by atoms with Crippen molar-refractivity contribution < 1.29 is 13.9 Å². The van der Waals surface area contributed by atoms with Crippen LogP contribution in [0.5, 0.6) is 5.75 Å². The number of aliphatic imine (C=N–C) groups is 1. The van der Waals surface area contributed by atoms with Gasteiger partial charge in [-0.15, -0.1) is 24.0 Å². The van der Waals surface area contributed by atoms with Crippen LogP contribution < -0.4 is 15.4 Å². The lowest BCUT2D eigenvalue weighted by Crippen LogP contribution is -2.36. The lowest BCUT2D eigenvalue weighted by Gasteiger charge is -2.11. The van der Waals surface area contributed by atoms with E-state index in [1.807, 2.05) is 38.1 Å². The van der Waals surface area contributed by atoms with Crippen LogP contribution in [0.25, 0.3) is 0 Å². The summed E-state index contributed by atoms with van der Waals surface area (Å²) in [7, 11) is 3.39. The monoisotopic (exact) mass is 474 g/mol. The Labute approximate surface area is 171 Å². The minimum absolute atomic E-state index is 0. The summed E-state index contributed by atoms with van der Waals surface area (Å²) in [6.07, 6.45) is 0. The Kier molecular flexibility index (Phi) is 10.0. The van der Waals surface area contributed by atoms with Crippen LogP contribution in [0.1, 0.15) is 22.9 Å². The maximum atomic E-state index is 5.55. The van der Waals surface area contributed by atoms with Crippen molar-refractivity contribution in [3.63, 3.8) is 0 Å². The lowest BCUT2D eigenvalue weighted by molar-refractivity contribution is 0.146. The molecular formula is C18H27IN4O3. The van der Waals surface area contributed by atoms with Crippen LogP contribution in [0, 0.1) is 13.8 Å². The maximum absolute atomic E-state index is 5.55. The molecule has 1 aromatic heterocycles. The first kappa shape index (κ1) is 22.2. The van der Waals surface area contributed by atoms with Gasteiger partial charge in [-0.3, -0.25) is 4.99 Å². The van der Waals surface area contributed by atoms with Gasteiger partial charge in [0, 0.05) is 20.7 Å². The summed E-state index contributed by atoms with van der Waals surface area (Å²) in [6, 6.07) is 7.93. The Morgan fingerprint density at radius 3 is 2.38 bits per heavy atom. The van der Waals surface area contributed by atoms with Gasteiger partial charge < -0.3 is 24.5 Å². The van der Waals surface area contributed by atoms with Gasteiger partial charge in [0.1, 0.15) is 18.1 Å². The number of ether oxygens (including phenoxy) is 2. The van der Waals surface area contributed by atoms with Crippen molar-refractivity contribution >= 4 is 29.9 Å². The number of nitrogens with zero attached hydrogens (tertiary/aromatic N) is 2. The van der Waals surface area contributed by atoms with Crippen LogP contribution in [0.2, 0.25) is 0 Å². The van der Waals surface area contributed by atoms with E-state index in [1.165, 1.54) is 0 Å². The minimum Gasteiger partial charge on any atom is -0.491 e. The fourth-order valence-corrected chi connectivity index (χ4v) is 2.13. The second kappa shape index (κ2) is 11.7. The fourth-order valence-electron chi connectivity index (χ4n) is 2.13. The second-order valence-corrected chi connectivity index (χ2v) is 5.51. The molecule has 0 aliphatic rings. The summed E-state index contributed by atoms with van der Waals surface area (Å²) in [6.45, 7) is 6.10. The van der Waals surface area contributed by atoms with Gasteiger partial charge >= 0.3 is 0 Å². The molecule has 26 heavy (non-hydrogen) atoms. The number of nitrogens with one attached hydrogen (secondary N) is 2. The Morgan fingerprint density at radius 1 is 1.12 bits per heavy atom. The zero-order chi connectivity index (χ0) is 18.1. The smallest absolute Gasteiger partial charge is 0.214 e. The number of hydrogen-bond donors (Lipinski definition) is 2. The van der Waals surface area contributed by atoms with E-state index in [9.17, 15) is 0 Å². The molecule has 144 valence electrons. The number of rotatable bonds is 8. The number of aromatic nitrogens is 1. The van der Waals surface area contributed by atoms with E-state index < -0.39 is 0 Å². The molecule has 0 unspecified atom stereocenters. The number of hydrogen-bond acceptors (Lipinski definition) is 5. The predicted molar refractivity (Wildman–Crippen MR) is 112 cm³/mol. The van der Waals surface area contributed by atoms with Gasteiger partial charge in [-0.05, 0) is 31.5 Å². The lowest BCUT2D eigenvalue weighted by atomic mass is 10.2. The van der Waals surface area contributed by atoms with E-state index in [0.29, 0.717) is 38.2 Å². The minimum atomic E-state index is 0. The van der Waals surface area contributed by atoms with Crippen LogP contribution in [0.15, 0.2) is 33.7 Å². The van der Waals surface area contributed by atoms with Gasteiger partial charge in [0.15, 0.2) is 5.96 Å². The van der Waals surface area contributed by atoms with Crippen molar-refractivity contribution in [1.82, 2.24) is 15.6 Å². The standard InChI is InChI=1S/C18H26N4O3.HI/c1-13-14(2)25-17(22-13)12-21-18(19-3)20-11-15-5-7-16(8-6-15)24-10-9-23-4;/h5-8H,9-12H2,1-4H3,(H2,19,20,21);1H. The molecule has 0 atom stereocenters. The summed E-state index contributed by atoms with van der Waals surface area (Å²) in [4.78, 5) is 8.54. The summed E-state index contributed by atoms with van der Waals surface area (Å²) < 4.78 is 16.1. The highest BCUT2D eigenvalue weighted by Gasteiger charge is 2.06. The van der Waals surface area contributed by atoms with E-state index in [-0.39, 0.29) is 24.0 Å². The zero-order valence-corrected chi connectivity index (χ0v) is 18.0. The maximum Gasteiger partial charge on any atom is 0.214 e. The van der Waals surface area contributed by atoms with Gasteiger partial charge in [-0.1, -0.05) is 12.1 Å². The van der Waals surface area contributed by atoms with Crippen LogP contribution >= 0.6 is 24.0 Å². The summed E-state index contributed by atoms with van der Waals surface area (Å²) in [5.41, 5.74) is 2.04. The predicted octanol–water partition coefficient (Wildman–Crippen LogP) is 2.80. The van der Waals surface area contributed by atoms with E-state index in [4.69, 9.17) is 13.9 Å². The first-order valence-corrected chi connectivity index (χ1v) is 8.20. The number of guanidine groups is 1. The van der Waals surface area contributed by atoms with Gasteiger partial charge in [0.2, 0.25) is 5.89 Å². The average Bonchev–Trinajstić information content (AvgIpc) is 2.94. The normalized spacial score (nSPS) is 11.0. The largest absolute Gasteiger partial charge is 0.491 e. The molecule has 2 aromatic rings. The van der Waals surface area contributed by atoms with Gasteiger partial charge in [0.05, 0.1) is 18.8 Å². The second-order valence-electron chi connectivity index (χ2n) is 5.51. The molecule has 8 heteroatoms. The molecule has 1 heterocycles. The molecule has 2 rings (SSSR count). The van der Waals surface area contributed by atoms with Crippen LogP contribution in [-0.2, 0) is 17.8 Å². The van der Waals surface area contributed by atoms with E-state index in [0.717, 1.165) is 22.8 Å². The summed E-state index contributed by atoms with van der Waals surface area (Å²) >= 11 is 0. The highest BCUT2D eigenvalue weighted by Crippen LogP contribution is 2.12. The fraction of sp³-hybridized carbons (Fsp3) is 0.444. The Morgan fingerprint density at radius 2 is 1.81 bits per heavy atom. The molecule has 0 amide bonds. The number of aryl methyl sites for hydroxylation is 2. The molecule has 0 aliphatic carbocycles. The molecule has 0 spiro atoms. The number of methoxy groups -OCH3 is 1. The van der Waals surface area contributed by atoms with E-state index in [1.54, 1.807) is 14.2 Å². The topological polar surface area (TPSA) is 80.9 Å². The van der Waals surface area contributed by atoms with Gasteiger partial charge in [-0.25, -0.2) is 4.98 Å². The van der Waals surface area contributed by atoms with Crippen molar-refractivity contribution in [1.29, 1.82) is 0 Å². The third kappa shape index (κ3) is 7.20. The van der Waals surface area contributed by atoms with E-state index in [2.05, 4.69) is 20.6 Å². The van der Waals surface area contributed by atoms with Gasteiger partial charge in [-0.2, -0.15) is 0 Å². The molecule has 2 N–H and O–H groups in total. The molecule has 1 aromatic carbocycles. The van der Waals surface area contributed by atoms with Crippen molar-refractivity contribution in [3.05, 3.63) is 47.2 Å². The molecule has 0 bridgehead atoms. The van der Waals surface area contributed by atoms with Gasteiger partial charge in [0.25, 0.3) is 0 Å². The highest BCUT2D eigenvalue weighted by molar-refractivity contribution is 14.0. The van der Waals surface area contributed by atoms with Crippen LogP contribution in [0.3, 0.4) is 0 Å². The third-order valence-corrected chi connectivity index (χ3v) is 3.64. The molecule has 0 radical (unpaired) electrons. The zero-order valence-electron chi connectivity index (χ0n) is 15.7.